The number of hydrogen-bond acceptors (Lipinski definition) is 7. The van der Waals surface area contributed by atoms with E-state index in [1.54, 1.807) is 29.3 Å². The first-order valence-corrected chi connectivity index (χ1v) is 11.4. The monoisotopic (exact) mass is 470 g/mol. The van der Waals surface area contributed by atoms with Gasteiger partial charge in [-0.1, -0.05) is 11.6 Å². The number of ether oxygens (including phenoxy) is 3. The summed E-state index contributed by atoms with van der Waals surface area (Å²) in [5.74, 6) is 0.593. The van der Waals surface area contributed by atoms with E-state index < -0.39 is 0 Å². The Bertz CT molecular complexity index is 1060. The van der Waals surface area contributed by atoms with E-state index in [0.29, 0.717) is 48.5 Å². The van der Waals surface area contributed by atoms with Crippen LogP contribution in [0.3, 0.4) is 0 Å². The first-order chi connectivity index (χ1) is 15.9. The normalized spacial score (nSPS) is 21.9. The van der Waals surface area contributed by atoms with Gasteiger partial charge in [0, 0.05) is 42.4 Å². The number of amides is 1. The van der Waals surface area contributed by atoms with Crippen molar-refractivity contribution >= 4 is 29.1 Å². The number of carbonyl (C=O) groups excluding carboxylic acids is 1. The van der Waals surface area contributed by atoms with Crippen LogP contribution in [0, 0.1) is 30.1 Å². The molecular formula is C24H27ClN4O4. The fourth-order valence-electron chi connectivity index (χ4n) is 4.25. The summed E-state index contributed by atoms with van der Waals surface area (Å²) in [6, 6.07) is 9.04. The molecule has 2 fully saturated rings. The van der Waals surface area contributed by atoms with E-state index in [1.807, 2.05) is 26.8 Å². The minimum absolute atomic E-state index is 0.0306. The van der Waals surface area contributed by atoms with E-state index in [9.17, 15) is 4.79 Å². The summed E-state index contributed by atoms with van der Waals surface area (Å²) < 4.78 is 17.6. The largest absolute Gasteiger partial charge is 0.473 e. The number of halogens is 1. The highest BCUT2D eigenvalue weighted by Gasteiger charge is 2.44. The Morgan fingerprint density at radius 3 is 2.64 bits per heavy atom. The molecule has 1 aromatic heterocycles. The van der Waals surface area contributed by atoms with E-state index in [0.717, 1.165) is 11.3 Å². The molecule has 0 aliphatic carbocycles. The van der Waals surface area contributed by atoms with Gasteiger partial charge in [-0.15, -0.1) is 0 Å². The van der Waals surface area contributed by atoms with Gasteiger partial charge in [-0.05, 0) is 45.0 Å². The van der Waals surface area contributed by atoms with Crippen LogP contribution in [0.25, 0.3) is 0 Å². The third-order valence-corrected chi connectivity index (χ3v) is 6.18. The molecular weight excluding hydrogens is 444 g/mol. The summed E-state index contributed by atoms with van der Waals surface area (Å²) >= 11 is 6.32. The van der Waals surface area contributed by atoms with Crippen LogP contribution in [-0.4, -0.2) is 54.5 Å². The molecule has 4 rings (SSSR count). The smallest absolute Gasteiger partial charge is 0.410 e. The minimum atomic E-state index is -0.292. The van der Waals surface area contributed by atoms with Gasteiger partial charge < -0.3 is 24.4 Å². The van der Waals surface area contributed by atoms with Gasteiger partial charge in [0.15, 0.2) is 0 Å². The maximum atomic E-state index is 12.4. The third kappa shape index (κ3) is 5.15. The van der Waals surface area contributed by atoms with Crippen LogP contribution in [0.15, 0.2) is 30.5 Å². The molecule has 0 spiro atoms. The molecule has 8 nitrogen and oxygen atoms in total. The fourth-order valence-corrected chi connectivity index (χ4v) is 4.48. The molecule has 2 saturated heterocycles. The zero-order chi connectivity index (χ0) is 23.5. The number of nitrogens with zero attached hydrogens (tertiary/aromatic N) is 3. The number of fused-ring (bicyclic) bond motifs is 2. The number of carbonyl (C=O) groups is 1. The Morgan fingerprint density at radius 2 is 2.00 bits per heavy atom. The Kier molecular flexibility index (Phi) is 6.91. The molecule has 33 heavy (non-hydrogen) atoms. The van der Waals surface area contributed by atoms with Crippen molar-refractivity contribution in [3.05, 3.63) is 46.6 Å². The topological polar surface area (TPSA) is 96.7 Å². The molecule has 2 aromatic rings. The Balaban J connectivity index is 1.49. The molecule has 2 unspecified atom stereocenters. The zero-order valence-electron chi connectivity index (χ0n) is 18.9. The van der Waals surface area contributed by atoms with Gasteiger partial charge in [0.1, 0.15) is 6.10 Å². The number of anilines is 2. The molecule has 2 aliphatic rings. The van der Waals surface area contributed by atoms with Gasteiger partial charge in [-0.3, -0.25) is 0 Å². The third-order valence-electron chi connectivity index (χ3n) is 5.87. The van der Waals surface area contributed by atoms with E-state index in [1.165, 1.54) is 0 Å². The number of hydrogen-bond donors (Lipinski definition) is 1. The van der Waals surface area contributed by atoms with Crippen LogP contribution in [0.2, 0.25) is 5.02 Å². The molecule has 174 valence electrons. The fraction of sp³-hybridized carbons (Fsp3) is 0.458. The van der Waals surface area contributed by atoms with Gasteiger partial charge in [-0.25, -0.2) is 9.78 Å². The maximum absolute atomic E-state index is 12.4. The van der Waals surface area contributed by atoms with Crippen LogP contribution in [0.5, 0.6) is 5.88 Å². The summed E-state index contributed by atoms with van der Waals surface area (Å²) in [4.78, 5) is 18.6. The zero-order valence-corrected chi connectivity index (χ0v) is 19.6. The lowest BCUT2D eigenvalue weighted by Crippen LogP contribution is -2.58. The second kappa shape index (κ2) is 9.86. The Labute approximate surface area is 198 Å². The highest BCUT2D eigenvalue weighted by atomic mass is 35.5. The van der Waals surface area contributed by atoms with Crippen molar-refractivity contribution < 1.29 is 19.0 Å². The second-order valence-electron chi connectivity index (χ2n) is 8.70. The summed E-state index contributed by atoms with van der Waals surface area (Å²) in [5.41, 5.74) is 2.85. The molecule has 2 aliphatic heterocycles. The molecule has 9 heteroatoms. The van der Waals surface area contributed by atoms with Crippen molar-refractivity contribution in [2.24, 2.45) is 11.8 Å². The number of aromatic nitrogens is 1. The first-order valence-electron chi connectivity index (χ1n) is 11.0. The summed E-state index contributed by atoms with van der Waals surface area (Å²) in [6.45, 7) is 7.70. The number of nitrogens with one attached hydrogen (secondary N) is 1. The lowest BCUT2D eigenvalue weighted by Gasteiger charge is -2.46. The highest BCUT2D eigenvalue weighted by Crippen LogP contribution is 2.35. The van der Waals surface area contributed by atoms with Gasteiger partial charge in [-0.2, -0.15) is 5.26 Å². The lowest BCUT2D eigenvalue weighted by molar-refractivity contribution is -0.111. The number of pyridine rings is 1. The van der Waals surface area contributed by atoms with Crippen molar-refractivity contribution in [1.82, 2.24) is 9.88 Å². The molecule has 2 bridgehead atoms. The molecule has 1 aromatic carbocycles. The number of piperidine rings is 1. The molecule has 1 N–H and O–H groups in total. The van der Waals surface area contributed by atoms with E-state index in [2.05, 4.69) is 16.4 Å². The lowest BCUT2D eigenvalue weighted by atomic mass is 9.84. The van der Waals surface area contributed by atoms with Crippen molar-refractivity contribution in [3.63, 3.8) is 0 Å². The van der Waals surface area contributed by atoms with Crippen LogP contribution < -0.4 is 10.1 Å². The van der Waals surface area contributed by atoms with Crippen LogP contribution in [0.4, 0.5) is 16.2 Å². The number of nitriles is 1. The predicted octanol–water partition coefficient (Wildman–Crippen LogP) is 4.53. The summed E-state index contributed by atoms with van der Waals surface area (Å²) in [7, 11) is 0. The standard InChI is InChI=1S/C24H27ClN4O4/c1-14(2)32-24(30)29-10-17-12-31-13-18(11-29)22(17)33-23-15(3)20(6-7-27-23)28-21-5-4-16(9-26)8-19(21)25/h4-8,14,17-18,22H,10-13H2,1-3H3,(H,27,28). The average molecular weight is 471 g/mol. The molecule has 0 saturated carbocycles. The average Bonchev–Trinajstić information content (AvgIpc) is 2.76. The van der Waals surface area contributed by atoms with Gasteiger partial charge in [0.2, 0.25) is 5.88 Å². The number of likely N-dealkylation sites (tertiary alicyclic amines) is 1. The van der Waals surface area contributed by atoms with E-state index >= 15 is 0 Å². The first kappa shape index (κ1) is 23.1. The molecule has 1 amide bonds. The van der Waals surface area contributed by atoms with E-state index in [4.69, 9.17) is 31.1 Å². The summed E-state index contributed by atoms with van der Waals surface area (Å²) in [6.07, 6.45) is 1.13. The van der Waals surface area contributed by atoms with Gasteiger partial charge in [0.25, 0.3) is 0 Å². The van der Waals surface area contributed by atoms with Crippen molar-refractivity contribution in [2.45, 2.75) is 33.0 Å². The maximum Gasteiger partial charge on any atom is 0.410 e. The molecule has 3 heterocycles. The Morgan fingerprint density at radius 1 is 1.27 bits per heavy atom. The SMILES string of the molecule is Cc1c(Nc2ccc(C#N)cc2Cl)ccnc1OC1C2COCC1CN(C(=O)OC(C)C)C2. The van der Waals surface area contributed by atoms with Crippen LogP contribution in [-0.2, 0) is 9.47 Å². The van der Waals surface area contributed by atoms with Crippen LogP contribution >= 0.6 is 11.6 Å². The minimum Gasteiger partial charge on any atom is -0.473 e. The second-order valence-corrected chi connectivity index (χ2v) is 9.10. The van der Waals surface area contributed by atoms with Gasteiger partial charge in [0.05, 0.1) is 41.7 Å². The molecule has 2 atom stereocenters. The van der Waals surface area contributed by atoms with Crippen LogP contribution in [0.1, 0.15) is 25.0 Å². The van der Waals surface area contributed by atoms with Gasteiger partial charge >= 0.3 is 6.09 Å². The van der Waals surface area contributed by atoms with Crippen molar-refractivity contribution in [1.29, 1.82) is 5.26 Å². The molecule has 0 radical (unpaired) electrons. The number of benzene rings is 1. The van der Waals surface area contributed by atoms with Crippen molar-refractivity contribution in [3.8, 4) is 11.9 Å². The number of rotatable bonds is 5. The quantitative estimate of drug-likeness (QED) is 0.685. The summed E-state index contributed by atoms with van der Waals surface area (Å²) in [5, 5.41) is 12.8. The highest BCUT2D eigenvalue weighted by molar-refractivity contribution is 6.33. The Hall–Kier alpha value is -3.02. The van der Waals surface area contributed by atoms with E-state index in [-0.39, 0.29) is 30.1 Å². The predicted molar refractivity (Wildman–Crippen MR) is 124 cm³/mol. The van der Waals surface area contributed by atoms with Crippen molar-refractivity contribution in [2.75, 3.05) is 31.6 Å².